The molecule has 1 aromatic carbocycles. The van der Waals surface area contributed by atoms with Gasteiger partial charge in [-0.25, -0.2) is 4.39 Å². The largest absolute Gasteiger partial charge is 0.372 e. The Labute approximate surface area is 103 Å². The molecular weight excluding hydrogens is 237 g/mol. The number of nitrogens with zero attached hydrogens (tertiary/aromatic N) is 3. The second kappa shape index (κ2) is 4.94. The topological polar surface area (TPSA) is 71.9 Å². The number of hydrogen-bond acceptors (Lipinski definition) is 5. The first kappa shape index (κ1) is 12.2. The number of methoxy groups -OCH3 is 1. The molecule has 0 aliphatic rings. The van der Waals surface area contributed by atoms with Gasteiger partial charge >= 0.3 is 0 Å². The fourth-order valence-corrected chi connectivity index (χ4v) is 1.38. The Morgan fingerprint density at radius 1 is 1.50 bits per heavy atom. The number of aromatic nitrogens is 2. The summed E-state index contributed by atoms with van der Waals surface area (Å²) in [5.74, 6) is -0.154. The normalized spacial score (nSPS) is 12.1. The number of hydrogen-bond donors (Lipinski definition) is 0. The van der Waals surface area contributed by atoms with Crippen molar-refractivity contribution in [2.75, 3.05) is 7.11 Å². The van der Waals surface area contributed by atoms with Crippen LogP contribution in [0.2, 0.25) is 0 Å². The standard InChI is InChI=1S/C12H10FN3O2/c1-7(17-2)12-15-11(16-18-12)9-4-3-8(6-14)5-10(9)13/h3-5,7H,1-2H3. The summed E-state index contributed by atoms with van der Waals surface area (Å²) in [6, 6.07) is 5.92. The van der Waals surface area contributed by atoms with E-state index in [2.05, 4.69) is 10.1 Å². The molecule has 0 aliphatic heterocycles. The van der Waals surface area contributed by atoms with Crippen molar-refractivity contribution in [1.29, 1.82) is 5.26 Å². The third kappa shape index (κ3) is 2.21. The van der Waals surface area contributed by atoms with Crippen LogP contribution in [0.5, 0.6) is 0 Å². The first-order valence-corrected chi connectivity index (χ1v) is 5.22. The molecule has 92 valence electrons. The lowest BCUT2D eigenvalue weighted by atomic mass is 10.1. The second-order valence-corrected chi connectivity index (χ2v) is 3.64. The molecule has 0 amide bonds. The summed E-state index contributed by atoms with van der Waals surface area (Å²) < 4.78 is 23.7. The fraction of sp³-hybridized carbons (Fsp3) is 0.250. The zero-order valence-corrected chi connectivity index (χ0v) is 9.85. The lowest BCUT2D eigenvalue weighted by molar-refractivity contribution is 0.0886. The maximum atomic E-state index is 13.7. The van der Waals surface area contributed by atoms with Gasteiger partial charge in [0, 0.05) is 7.11 Å². The van der Waals surface area contributed by atoms with Crippen LogP contribution in [0.4, 0.5) is 4.39 Å². The Morgan fingerprint density at radius 2 is 2.28 bits per heavy atom. The Morgan fingerprint density at radius 3 is 2.89 bits per heavy atom. The third-order valence-corrected chi connectivity index (χ3v) is 2.48. The Bertz CT molecular complexity index is 604. The van der Waals surface area contributed by atoms with Gasteiger partial charge in [-0.1, -0.05) is 5.16 Å². The van der Waals surface area contributed by atoms with E-state index in [1.807, 2.05) is 6.07 Å². The average Bonchev–Trinajstić information content (AvgIpc) is 2.87. The minimum Gasteiger partial charge on any atom is -0.372 e. The van der Waals surface area contributed by atoms with Crippen LogP contribution in [0, 0.1) is 17.1 Å². The SMILES string of the molecule is COC(C)c1nc(-c2ccc(C#N)cc2F)no1. The molecule has 6 heteroatoms. The zero-order chi connectivity index (χ0) is 13.1. The highest BCUT2D eigenvalue weighted by Crippen LogP contribution is 2.23. The molecule has 0 fully saturated rings. The van der Waals surface area contributed by atoms with E-state index < -0.39 is 5.82 Å². The number of halogens is 1. The van der Waals surface area contributed by atoms with Crippen LogP contribution in [0.3, 0.4) is 0 Å². The fourth-order valence-electron chi connectivity index (χ4n) is 1.38. The predicted molar refractivity (Wildman–Crippen MR) is 59.8 cm³/mol. The van der Waals surface area contributed by atoms with Gasteiger partial charge in [0.2, 0.25) is 5.82 Å². The first-order valence-electron chi connectivity index (χ1n) is 5.22. The second-order valence-electron chi connectivity index (χ2n) is 3.64. The summed E-state index contributed by atoms with van der Waals surface area (Å²) in [5.41, 5.74) is 0.428. The molecular formula is C12H10FN3O2. The molecule has 1 heterocycles. The molecule has 2 aromatic rings. The number of ether oxygens (including phenoxy) is 1. The Kier molecular flexibility index (Phi) is 3.35. The van der Waals surface area contributed by atoms with Gasteiger partial charge in [-0.15, -0.1) is 0 Å². The Balaban J connectivity index is 2.38. The van der Waals surface area contributed by atoms with Gasteiger partial charge in [0.05, 0.1) is 17.2 Å². The first-order chi connectivity index (χ1) is 8.65. The number of nitriles is 1. The van der Waals surface area contributed by atoms with E-state index >= 15 is 0 Å². The minimum absolute atomic E-state index is 0.135. The van der Waals surface area contributed by atoms with Gasteiger partial charge in [-0.05, 0) is 25.1 Å². The van der Waals surface area contributed by atoms with Crippen molar-refractivity contribution in [3.8, 4) is 17.5 Å². The summed E-state index contributed by atoms with van der Waals surface area (Å²) in [4.78, 5) is 4.04. The molecule has 0 spiro atoms. The quantitative estimate of drug-likeness (QED) is 0.833. The van der Waals surface area contributed by atoms with E-state index in [4.69, 9.17) is 14.5 Å². The summed E-state index contributed by atoms with van der Waals surface area (Å²) in [5, 5.41) is 12.3. The van der Waals surface area contributed by atoms with E-state index in [0.717, 1.165) is 6.07 Å². The summed E-state index contributed by atoms with van der Waals surface area (Å²) in [6.07, 6.45) is -0.354. The molecule has 0 radical (unpaired) electrons. The van der Waals surface area contributed by atoms with E-state index in [1.165, 1.54) is 19.2 Å². The van der Waals surface area contributed by atoms with Crippen LogP contribution in [-0.2, 0) is 4.74 Å². The van der Waals surface area contributed by atoms with Crippen LogP contribution in [0.15, 0.2) is 22.7 Å². The van der Waals surface area contributed by atoms with Crippen molar-refractivity contribution in [2.24, 2.45) is 0 Å². The molecule has 2 rings (SSSR count). The number of rotatable bonds is 3. The molecule has 0 saturated heterocycles. The minimum atomic E-state index is -0.563. The van der Waals surface area contributed by atoms with Gasteiger partial charge in [0.15, 0.2) is 0 Å². The lowest BCUT2D eigenvalue weighted by Crippen LogP contribution is -1.96. The molecule has 5 nitrogen and oxygen atoms in total. The van der Waals surface area contributed by atoms with E-state index in [9.17, 15) is 4.39 Å². The average molecular weight is 247 g/mol. The zero-order valence-electron chi connectivity index (χ0n) is 9.85. The maximum Gasteiger partial charge on any atom is 0.255 e. The summed E-state index contributed by atoms with van der Waals surface area (Å²) in [6.45, 7) is 1.74. The molecule has 1 unspecified atom stereocenters. The highest BCUT2D eigenvalue weighted by molar-refractivity contribution is 5.57. The van der Waals surface area contributed by atoms with Crippen molar-refractivity contribution in [3.63, 3.8) is 0 Å². The van der Waals surface area contributed by atoms with Crippen LogP contribution in [0.1, 0.15) is 24.5 Å². The van der Waals surface area contributed by atoms with Crippen LogP contribution in [0.25, 0.3) is 11.4 Å². The predicted octanol–water partition coefficient (Wildman–Crippen LogP) is 2.45. The van der Waals surface area contributed by atoms with Crippen molar-refractivity contribution in [2.45, 2.75) is 13.0 Å². The molecule has 0 aliphatic carbocycles. The Hall–Kier alpha value is -2.26. The van der Waals surface area contributed by atoms with Crippen LogP contribution >= 0.6 is 0 Å². The monoisotopic (exact) mass is 247 g/mol. The molecule has 0 bridgehead atoms. The van der Waals surface area contributed by atoms with Crippen molar-refractivity contribution in [3.05, 3.63) is 35.5 Å². The van der Waals surface area contributed by atoms with Gasteiger partial charge < -0.3 is 9.26 Å². The van der Waals surface area contributed by atoms with Crippen LogP contribution < -0.4 is 0 Å². The summed E-state index contributed by atoms with van der Waals surface area (Å²) in [7, 11) is 1.51. The number of benzene rings is 1. The van der Waals surface area contributed by atoms with Crippen molar-refractivity contribution in [1.82, 2.24) is 10.1 Å². The maximum absolute atomic E-state index is 13.7. The highest BCUT2D eigenvalue weighted by atomic mass is 19.1. The van der Waals surface area contributed by atoms with E-state index in [1.54, 1.807) is 6.92 Å². The summed E-state index contributed by atoms with van der Waals surface area (Å²) >= 11 is 0. The van der Waals surface area contributed by atoms with Crippen molar-refractivity contribution >= 4 is 0 Å². The lowest BCUT2D eigenvalue weighted by Gasteiger charge is -2.01. The van der Waals surface area contributed by atoms with Gasteiger partial charge in [0.1, 0.15) is 11.9 Å². The van der Waals surface area contributed by atoms with Crippen LogP contribution in [-0.4, -0.2) is 17.3 Å². The van der Waals surface area contributed by atoms with Crippen molar-refractivity contribution < 1.29 is 13.7 Å². The van der Waals surface area contributed by atoms with E-state index in [-0.39, 0.29) is 28.9 Å². The molecule has 18 heavy (non-hydrogen) atoms. The molecule has 1 aromatic heterocycles. The van der Waals surface area contributed by atoms with Gasteiger partial charge in [-0.3, -0.25) is 0 Å². The highest BCUT2D eigenvalue weighted by Gasteiger charge is 2.17. The molecule has 1 atom stereocenters. The molecule has 0 saturated carbocycles. The van der Waals surface area contributed by atoms with Gasteiger partial charge in [0.25, 0.3) is 5.89 Å². The van der Waals surface area contributed by atoms with E-state index in [0.29, 0.717) is 0 Å². The smallest absolute Gasteiger partial charge is 0.255 e. The van der Waals surface area contributed by atoms with Gasteiger partial charge in [-0.2, -0.15) is 10.2 Å². The molecule has 0 N–H and O–H groups in total. The third-order valence-electron chi connectivity index (χ3n) is 2.48.